The van der Waals surface area contributed by atoms with Crippen molar-refractivity contribution in [2.75, 3.05) is 6.61 Å². The molecular weight excluding hydrogens is 292 g/mol. The molecule has 0 amide bonds. The highest BCUT2D eigenvalue weighted by Gasteiger charge is 2.21. The molecule has 1 saturated carbocycles. The van der Waals surface area contributed by atoms with Gasteiger partial charge in [0, 0.05) is 0 Å². The Labute approximate surface area is 147 Å². The number of ether oxygens (including phenoxy) is 1. The first kappa shape index (κ1) is 17.1. The molecule has 128 valence electrons. The topological polar surface area (TPSA) is 9.23 Å². The van der Waals surface area contributed by atoms with E-state index in [1.165, 1.54) is 48.8 Å². The molecule has 1 aliphatic rings. The van der Waals surface area contributed by atoms with Crippen LogP contribution in [0.1, 0.15) is 63.9 Å². The van der Waals surface area contributed by atoms with Crippen LogP contribution in [0, 0.1) is 5.92 Å². The lowest BCUT2D eigenvalue weighted by Crippen LogP contribution is -2.12. The molecule has 0 atom stereocenters. The van der Waals surface area contributed by atoms with Gasteiger partial charge in [-0.15, -0.1) is 0 Å². The van der Waals surface area contributed by atoms with Crippen LogP contribution in [0.2, 0.25) is 0 Å². The second-order valence-electron chi connectivity index (χ2n) is 7.12. The SMILES string of the molecule is CCCOc1ccc(-c2ccc(C3CCC(CC)CC3)cc2)cc1. The summed E-state index contributed by atoms with van der Waals surface area (Å²) in [4.78, 5) is 0. The monoisotopic (exact) mass is 322 g/mol. The number of rotatable bonds is 6. The predicted molar refractivity (Wildman–Crippen MR) is 103 cm³/mol. The Balaban J connectivity index is 1.64. The van der Waals surface area contributed by atoms with E-state index >= 15 is 0 Å². The summed E-state index contributed by atoms with van der Waals surface area (Å²) in [5.41, 5.74) is 4.08. The third-order valence-electron chi connectivity index (χ3n) is 5.47. The molecule has 0 saturated heterocycles. The van der Waals surface area contributed by atoms with Crippen molar-refractivity contribution in [1.29, 1.82) is 0 Å². The van der Waals surface area contributed by atoms with Crippen molar-refractivity contribution in [2.45, 2.75) is 58.3 Å². The van der Waals surface area contributed by atoms with Crippen LogP contribution >= 0.6 is 0 Å². The maximum atomic E-state index is 5.66. The van der Waals surface area contributed by atoms with Crippen molar-refractivity contribution in [3.63, 3.8) is 0 Å². The van der Waals surface area contributed by atoms with Crippen molar-refractivity contribution in [1.82, 2.24) is 0 Å². The molecule has 1 heteroatoms. The third kappa shape index (κ3) is 4.20. The van der Waals surface area contributed by atoms with Crippen LogP contribution in [0.25, 0.3) is 11.1 Å². The zero-order chi connectivity index (χ0) is 16.8. The summed E-state index contributed by atoms with van der Waals surface area (Å²) in [6.07, 6.45) is 7.93. The molecule has 0 radical (unpaired) electrons. The molecule has 2 aromatic rings. The fourth-order valence-electron chi connectivity index (χ4n) is 3.82. The van der Waals surface area contributed by atoms with Crippen LogP contribution in [-0.4, -0.2) is 6.61 Å². The van der Waals surface area contributed by atoms with E-state index < -0.39 is 0 Å². The van der Waals surface area contributed by atoms with Gasteiger partial charge >= 0.3 is 0 Å². The third-order valence-corrected chi connectivity index (χ3v) is 5.47. The Morgan fingerprint density at radius 2 is 1.38 bits per heavy atom. The van der Waals surface area contributed by atoms with E-state index in [2.05, 4.69) is 62.4 Å². The quantitative estimate of drug-likeness (QED) is 0.566. The van der Waals surface area contributed by atoms with Crippen LogP contribution in [0.4, 0.5) is 0 Å². The number of hydrogen-bond donors (Lipinski definition) is 0. The number of benzene rings is 2. The van der Waals surface area contributed by atoms with Gasteiger partial charge in [0.05, 0.1) is 6.61 Å². The van der Waals surface area contributed by atoms with Gasteiger partial charge < -0.3 is 4.74 Å². The molecule has 0 aliphatic heterocycles. The van der Waals surface area contributed by atoms with E-state index in [-0.39, 0.29) is 0 Å². The summed E-state index contributed by atoms with van der Waals surface area (Å²) >= 11 is 0. The Morgan fingerprint density at radius 3 is 1.92 bits per heavy atom. The van der Waals surface area contributed by atoms with Crippen molar-refractivity contribution in [3.8, 4) is 16.9 Å². The molecule has 0 unspecified atom stereocenters. The normalized spacial score (nSPS) is 20.8. The Kier molecular flexibility index (Phi) is 5.96. The molecule has 2 aromatic carbocycles. The van der Waals surface area contributed by atoms with Gasteiger partial charge in [0.1, 0.15) is 5.75 Å². The zero-order valence-corrected chi connectivity index (χ0v) is 15.1. The van der Waals surface area contributed by atoms with Gasteiger partial charge in [-0.3, -0.25) is 0 Å². The maximum absolute atomic E-state index is 5.66. The molecule has 1 nitrogen and oxygen atoms in total. The van der Waals surface area contributed by atoms with E-state index in [1.807, 2.05) is 0 Å². The van der Waals surface area contributed by atoms with E-state index in [0.717, 1.165) is 30.6 Å². The van der Waals surface area contributed by atoms with Crippen molar-refractivity contribution < 1.29 is 4.74 Å². The minimum atomic E-state index is 0.770. The van der Waals surface area contributed by atoms with E-state index in [0.29, 0.717) is 0 Å². The minimum absolute atomic E-state index is 0.770. The summed E-state index contributed by atoms with van der Waals surface area (Å²) in [5, 5.41) is 0. The zero-order valence-electron chi connectivity index (χ0n) is 15.1. The summed E-state index contributed by atoms with van der Waals surface area (Å²) in [6.45, 7) is 5.25. The van der Waals surface area contributed by atoms with Crippen LogP contribution in [0.5, 0.6) is 5.75 Å². The molecular formula is C23H30O. The van der Waals surface area contributed by atoms with E-state index in [4.69, 9.17) is 4.74 Å². The summed E-state index contributed by atoms with van der Waals surface area (Å²) < 4.78 is 5.66. The first-order valence-electron chi connectivity index (χ1n) is 9.63. The predicted octanol–water partition coefficient (Wildman–Crippen LogP) is 6.83. The molecule has 0 N–H and O–H groups in total. The fraction of sp³-hybridized carbons (Fsp3) is 0.478. The average Bonchev–Trinajstić information content (AvgIpc) is 2.67. The minimum Gasteiger partial charge on any atom is -0.494 e. The van der Waals surface area contributed by atoms with Gasteiger partial charge in [-0.1, -0.05) is 56.7 Å². The van der Waals surface area contributed by atoms with Gasteiger partial charge in [-0.2, -0.15) is 0 Å². The van der Waals surface area contributed by atoms with Gasteiger partial charge in [0.15, 0.2) is 0 Å². The molecule has 0 aromatic heterocycles. The van der Waals surface area contributed by atoms with Crippen molar-refractivity contribution >= 4 is 0 Å². The molecule has 24 heavy (non-hydrogen) atoms. The molecule has 1 aliphatic carbocycles. The lowest BCUT2D eigenvalue weighted by Gasteiger charge is -2.28. The van der Waals surface area contributed by atoms with Crippen molar-refractivity contribution in [3.05, 3.63) is 54.1 Å². The van der Waals surface area contributed by atoms with E-state index in [1.54, 1.807) is 0 Å². The molecule has 0 heterocycles. The average molecular weight is 322 g/mol. The Bertz CT molecular complexity index is 603. The molecule has 0 bridgehead atoms. The second kappa shape index (κ2) is 8.37. The highest BCUT2D eigenvalue weighted by atomic mass is 16.5. The van der Waals surface area contributed by atoms with Crippen LogP contribution in [0.15, 0.2) is 48.5 Å². The lowest BCUT2D eigenvalue weighted by atomic mass is 9.77. The Hall–Kier alpha value is -1.76. The van der Waals surface area contributed by atoms with Gasteiger partial charge in [-0.05, 0) is 72.8 Å². The highest BCUT2D eigenvalue weighted by Crippen LogP contribution is 2.37. The number of hydrogen-bond acceptors (Lipinski definition) is 1. The summed E-state index contributed by atoms with van der Waals surface area (Å²) in [5.74, 6) is 2.70. The van der Waals surface area contributed by atoms with Gasteiger partial charge in [0.2, 0.25) is 0 Å². The fourth-order valence-corrected chi connectivity index (χ4v) is 3.82. The van der Waals surface area contributed by atoms with Crippen LogP contribution in [0.3, 0.4) is 0 Å². The molecule has 0 spiro atoms. The summed E-state index contributed by atoms with van der Waals surface area (Å²) in [6, 6.07) is 17.7. The van der Waals surface area contributed by atoms with Crippen LogP contribution in [-0.2, 0) is 0 Å². The Morgan fingerprint density at radius 1 is 0.792 bits per heavy atom. The first-order valence-corrected chi connectivity index (χ1v) is 9.63. The summed E-state index contributed by atoms with van der Waals surface area (Å²) in [7, 11) is 0. The van der Waals surface area contributed by atoms with Gasteiger partial charge in [0.25, 0.3) is 0 Å². The second-order valence-corrected chi connectivity index (χ2v) is 7.12. The van der Waals surface area contributed by atoms with Gasteiger partial charge in [-0.25, -0.2) is 0 Å². The maximum Gasteiger partial charge on any atom is 0.119 e. The van der Waals surface area contributed by atoms with Crippen molar-refractivity contribution in [2.24, 2.45) is 5.92 Å². The molecule has 1 fully saturated rings. The smallest absolute Gasteiger partial charge is 0.119 e. The highest BCUT2D eigenvalue weighted by molar-refractivity contribution is 5.64. The van der Waals surface area contributed by atoms with Crippen LogP contribution < -0.4 is 4.74 Å². The largest absolute Gasteiger partial charge is 0.494 e. The van der Waals surface area contributed by atoms with E-state index in [9.17, 15) is 0 Å². The molecule has 3 rings (SSSR count). The first-order chi connectivity index (χ1) is 11.8. The lowest BCUT2D eigenvalue weighted by molar-refractivity contribution is 0.317. The standard InChI is InChI=1S/C23H30O/c1-3-17-24-23-15-13-22(14-16-23)21-11-9-20(10-12-21)19-7-5-18(4-2)6-8-19/h9-16,18-19H,3-8,17H2,1-2H3.